The maximum Gasteiger partial charge on any atom is 0.0224 e. The minimum atomic E-state index is 0. The summed E-state index contributed by atoms with van der Waals surface area (Å²) in [6, 6.07) is 22.6. The SMILES string of the molecule is Cl.Cl.c1ccc(CN[C@@H]2CCCC[C@H]2NCc2ccccc2)cc1. The molecule has 1 aliphatic carbocycles. The molecule has 0 radical (unpaired) electrons. The van der Waals surface area contributed by atoms with E-state index in [4.69, 9.17) is 0 Å². The van der Waals surface area contributed by atoms with Crippen LogP contribution in [0.25, 0.3) is 0 Å². The molecular formula is C20H28Cl2N2. The molecule has 0 spiro atoms. The normalized spacial score (nSPS) is 19.8. The highest BCUT2D eigenvalue weighted by Gasteiger charge is 2.23. The number of nitrogens with one attached hydrogen (secondary N) is 2. The molecule has 0 aliphatic heterocycles. The lowest BCUT2D eigenvalue weighted by Gasteiger charge is -2.33. The van der Waals surface area contributed by atoms with E-state index in [9.17, 15) is 0 Å². The average Bonchev–Trinajstić information content (AvgIpc) is 2.61. The van der Waals surface area contributed by atoms with E-state index in [1.165, 1.54) is 36.8 Å². The van der Waals surface area contributed by atoms with Crippen LogP contribution in [0.1, 0.15) is 36.8 Å². The van der Waals surface area contributed by atoms with Crippen molar-refractivity contribution >= 4 is 24.8 Å². The highest BCUT2D eigenvalue weighted by molar-refractivity contribution is 5.85. The largest absolute Gasteiger partial charge is 0.308 e. The Morgan fingerprint density at radius 1 is 0.625 bits per heavy atom. The van der Waals surface area contributed by atoms with Gasteiger partial charge in [0, 0.05) is 25.2 Å². The minimum absolute atomic E-state index is 0. The predicted molar refractivity (Wildman–Crippen MR) is 107 cm³/mol. The van der Waals surface area contributed by atoms with Crippen molar-refractivity contribution in [2.24, 2.45) is 0 Å². The maximum absolute atomic E-state index is 3.76. The van der Waals surface area contributed by atoms with Gasteiger partial charge in [0.05, 0.1) is 0 Å². The molecule has 1 aliphatic rings. The van der Waals surface area contributed by atoms with Crippen molar-refractivity contribution < 1.29 is 0 Å². The van der Waals surface area contributed by atoms with Crippen LogP contribution in [-0.2, 0) is 13.1 Å². The lowest BCUT2D eigenvalue weighted by atomic mass is 9.90. The third-order valence-electron chi connectivity index (χ3n) is 4.59. The summed E-state index contributed by atoms with van der Waals surface area (Å²) in [7, 11) is 0. The van der Waals surface area contributed by atoms with Gasteiger partial charge in [0.2, 0.25) is 0 Å². The molecule has 1 saturated carbocycles. The van der Waals surface area contributed by atoms with Crippen LogP contribution in [0.4, 0.5) is 0 Å². The van der Waals surface area contributed by atoms with Gasteiger partial charge in [-0.25, -0.2) is 0 Å². The van der Waals surface area contributed by atoms with E-state index in [0.717, 1.165) is 13.1 Å². The van der Waals surface area contributed by atoms with E-state index in [2.05, 4.69) is 71.3 Å². The standard InChI is InChI=1S/C20H26N2.2ClH/c1-3-9-17(10-4-1)15-21-19-13-7-8-14-20(19)22-16-18-11-5-2-6-12-18;;/h1-6,9-12,19-22H,7-8,13-16H2;2*1H/t19-,20-;;/m1../s1. The van der Waals surface area contributed by atoms with Crippen LogP contribution in [0.3, 0.4) is 0 Å². The number of benzene rings is 2. The third-order valence-corrected chi connectivity index (χ3v) is 4.59. The summed E-state index contributed by atoms with van der Waals surface area (Å²) >= 11 is 0. The Hall–Kier alpha value is -1.06. The molecule has 0 amide bonds. The van der Waals surface area contributed by atoms with Gasteiger partial charge in [-0.2, -0.15) is 0 Å². The van der Waals surface area contributed by atoms with Gasteiger partial charge in [0.25, 0.3) is 0 Å². The Morgan fingerprint density at radius 2 is 1.00 bits per heavy atom. The van der Waals surface area contributed by atoms with E-state index in [1.807, 2.05) is 0 Å². The van der Waals surface area contributed by atoms with Crippen molar-refractivity contribution in [2.75, 3.05) is 0 Å². The molecule has 0 aromatic heterocycles. The van der Waals surface area contributed by atoms with E-state index in [1.54, 1.807) is 0 Å². The van der Waals surface area contributed by atoms with Gasteiger partial charge in [-0.1, -0.05) is 73.5 Å². The van der Waals surface area contributed by atoms with Gasteiger partial charge in [-0.3, -0.25) is 0 Å². The number of rotatable bonds is 6. The zero-order chi connectivity index (χ0) is 15.0. The molecule has 0 bridgehead atoms. The topological polar surface area (TPSA) is 24.1 Å². The fourth-order valence-electron chi connectivity index (χ4n) is 3.31. The highest BCUT2D eigenvalue weighted by Crippen LogP contribution is 2.19. The monoisotopic (exact) mass is 366 g/mol. The predicted octanol–water partition coefficient (Wildman–Crippen LogP) is 4.72. The second kappa shape index (κ2) is 11.5. The van der Waals surface area contributed by atoms with Crippen molar-refractivity contribution in [1.29, 1.82) is 0 Å². The summed E-state index contributed by atoms with van der Waals surface area (Å²) in [5.41, 5.74) is 2.74. The number of hydrogen-bond acceptors (Lipinski definition) is 2. The summed E-state index contributed by atoms with van der Waals surface area (Å²) in [5.74, 6) is 0. The lowest BCUT2D eigenvalue weighted by Crippen LogP contribution is -2.49. The second-order valence-electron chi connectivity index (χ2n) is 6.23. The van der Waals surface area contributed by atoms with Crippen LogP contribution >= 0.6 is 24.8 Å². The molecule has 2 aromatic carbocycles. The molecule has 0 unspecified atom stereocenters. The molecular weight excluding hydrogens is 339 g/mol. The fourth-order valence-corrected chi connectivity index (χ4v) is 3.31. The zero-order valence-corrected chi connectivity index (χ0v) is 15.6. The summed E-state index contributed by atoms with van der Waals surface area (Å²) < 4.78 is 0. The van der Waals surface area contributed by atoms with Crippen molar-refractivity contribution in [3.05, 3.63) is 71.8 Å². The van der Waals surface area contributed by atoms with Crippen LogP contribution in [-0.4, -0.2) is 12.1 Å². The summed E-state index contributed by atoms with van der Waals surface area (Å²) in [6.07, 6.45) is 5.24. The first-order chi connectivity index (χ1) is 10.9. The maximum atomic E-state index is 3.76. The highest BCUT2D eigenvalue weighted by atomic mass is 35.5. The van der Waals surface area contributed by atoms with E-state index >= 15 is 0 Å². The first-order valence-corrected chi connectivity index (χ1v) is 8.46. The van der Waals surface area contributed by atoms with E-state index in [-0.39, 0.29) is 24.8 Å². The molecule has 4 heteroatoms. The average molecular weight is 367 g/mol. The number of halogens is 2. The molecule has 2 N–H and O–H groups in total. The number of hydrogen-bond donors (Lipinski definition) is 2. The van der Waals surface area contributed by atoms with Crippen molar-refractivity contribution in [2.45, 2.75) is 50.9 Å². The lowest BCUT2D eigenvalue weighted by molar-refractivity contribution is 0.281. The van der Waals surface area contributed by atoms with Crippen LogP contribution in [0, 0.1) is 0 Å². The van der Waals surface area contributed by atoms with Gasteiger partial charge in [-0.05, 0) is 24.0 Å². The Balaban J connectivity index is 0.00000144. The van der Waals surface area contributed by atoms with E-state index < -0.39 is 0 Å². The Kier molecular flexibility index (Phi) is 10.0. The fraction of sp³-hybridized carbons (Fsp3) is 0.400. The first-order valence-electron chi connectivity index (χ1n) is 8.46. The van der Waals surface area contributed by atoms with Crippen LogP contribution < -0.4 is 10.6 Å². The molecule has 1 fully saturated rings. The summed E-state index contributed by atoms with van der Waals surface area (Å²) in [6.45, 7) is 1.93. The molecule has 2 aromatic rings. The van der Waals surface area contributed by atoms with Gasteiger partial charge in [0.1, 0.15) is 0 Å². The smallest absolute Gasteiger partial charge is 0.0224 e. The first kappa shape index (κ1) is 21.0. The van der Waals surface area contributed by atoms with E-state index in [0.29, 0.717) is 12.1 Å². The summed E-state index contributed by atoms with van der Waals surface area (Å²) in [4.78, 5) is 0. The Bertz CT molecular complexity index is 497. The Labute approximate surface area is 158 Å². The van der Waals surface area contributed by atoms with Crippen LogP contribution in [0.2, 0.25) is 0 Å². The molecule has 24 heavy (non-hydrogen) atoms. The van der Waals surface area contributed by atoms with Crippen LogP contribution in [0.15, 0.2) is 60.7 Å². The Morgan fingerprint density at radius 3 is 1.38 bits per heavy atom. The molecule has 0 heterocycles. The van der Waals surface area contributed by atoms with Gasteiger partial charge in [-0.15, -0.1) is 24.8 Å². The quantitative estimate of drug-likeness (QED) is 0.772. The van der Waals surface area contributed by atoms with Crippen molar-refractivity contribution in [3.8, 4) is 0 Å². The zero-order valence-electron chi connectivity index (χ0n) is 14.0. The molecule has 2 atom stereocenters. The van der Waals surface area contributed by atoms with Crippen molar-refractivity contribution in [1.82, 2.24) is 10.6 Å². The van der Waals surface area contributed by atoms with Gasteiger partial charge >= 0.3 is 0 Å². The minimum Gasteiger partial charge on any atom is -0.308 e. The molecule has 0 saturated heterocycles. The third kappa shape index (κ3) is 6.45. The molecule has 3 rings (SSSR count). The molecule has 132 valence electrons. The van der Waals surface area contributed by atoms with Gasteiger partial charge in [0.15, 0.2) is 0 Å². The summed E-state index contributed by atoms with van der Waals surface area (Å²) in [5, 5.41) is 7.52. The second-order valence-corrected chi connectivity index (χ2v) is 6.23. The van der Waals surface area contributed by atoms with Gasteiger partial charge < -0.3 is 10.6 Å². The van der Waals surface area contributed by atoms with Crippen LogP contribution in [0.5, 0.6) is 0 Å². The molecule has 2 nitrogen and oxygen atoms in total. The van der Waals surface area contributed by atoms with Crippen molar-refractivity contribution in [3.63, 3.8) is 0 Å².